The Morgan fingerprint density at radius 3 is 2.94 bits per heavy atom. The van der Waals surface area contributed by atoms with Crippen LogP contribution >= 0.6 is 23.4 Å². The van der Waals surface area contributed by atoms with Crippen LogP contribution in [0.1, 0.15) is 18.9 Å². The van der Waals surface area contributed by atoms with Crippen LogP contribution in [-0.4, -0.2) is 22.7 Å². The highest BCUT2D eigenvalue weighted by molar-refractivity contribution is 7.99. The SMILES string of the molecule is CCCSCC(O)Cc1cc(Cl)ccc1F. The van der Waals surface area contributed by atoms with Crippen LogP contribution in [0.4, 0.5) is 4.39 Å². The smallest absolute Gasteiger partial charge is 0.126 e. The molecule has 1 nitrogen and oxygen atoms in total. The number of halogens is 2. The van der Waals surface area contributed by atoms with Crippen molar-refractivity contribution in [1.29, 1.82) is 0 Å². The molecule has 0 fully saturated rings. The molecule has 1 rings (SSSR count). The lowest BCUT2D eigenvalue weighted by Crippen LogP contribution is -2.14. The molecule has 0 saturated carbocycles. The van der Waals surface area contributed by atoms with Gasteiger partial charge < -0.3 is 5.11 Å². The molecule has 0 amide bonds. The molecule has 0 radical (unpaired) electrons. The van der Waals surface area contributed by atoms with Gasteiger partial charge in [-0.05, 0) is 35.9 Å². The molecule has 0 aliphatic heterocycles. The summed E-state index contributed by atoms with van der Waals surface area (Å²) < 4.78 is 13.3. The lowest BCUT2D eigenvalue weighted by Gasteiger charge is -2.10. The van der Waals surface area contributed by atoms with Gasteiger partial charge in [-0.15, -0.1) is 0 Å². The molecule has 1 unspecified atom stereocenters. The average Bonchev–Trinajstić information content (AvgIpc) is 2.24. The van der Waals surface area contributed by atoms with Crippen molar-refractivity contribution in [3.63, 3.8) is 0 Å². The molecule has 1 N–H and O–H groups in total. The van der Waals surface area contributed by atoms with Gasteiger partial charge in [0.1, 0.15) is 5.82 Å². The number of aliphatic hydroxyl groups is 1. The predicted molar refractivity (Wildman–Crippen MR) is 68.7 cm³/mol. The molecule has 0 saturated heterocycles. The molecule has 90 valence electrons. The number of hydrogen-bond donors (Lipinski definition) is 1. The highest BCUT2D eigenvalue weighted by atomic mass is 35.5. The third-order valence-electron chi connectivity index (χ3n) is 2.12. The third-order valence-corrected chi connectivity index (χ3v) is 3.67. The van der Waals surface area contributed by atoms with E-state index >= 15 is 0 Å². The molecule has 4 heteroatoms. The highest BCUT2D eigenvalue weighted by Crippen LogP contribution is 2.17. The minimum absolute atomic E-state index is 0.302. The molecule has 0 aromatic heterocycles. The van der Waals surface area contributed by atoms with Crippen molar-refractivity contribution in [2.45, 2.75) is 25.9 Å². The molecule has 1 aromatic rings. The van der Waals surface area contributed by atoms with Gasteiger partial charge in [0.15, 0.2) is 0 Å². The fourth-order valence-corrected chi connectivity index (χ4v) is 2.42. The van der Waals surface area contributed by atoms with E-state index in [1.165, 1.54) is 12.1 Å². The van der Waals surface area contributed by atoms with Crippen molar-refractivity contribution >= 4 is 23.4 Å². The van der Waals surface area contributed by atoms with Crippen molar-refractivity contribution < 1.29 is 9.50 Å². The number of hydrogen-bond acceptors (Lipinski definition) is 2. The monoisotopic (exact) mass is 262 g/mol. The third kappa shape index (κ3) is 4.73. The molecule has 0 bridgehead atoms. The van der Waals surface area contributed by atoms with Crippen LogP contribution in [0.2, 0.25) is 5.02 Å². The molecule has 1 aromatic carbocycles. The summed E-state index contributed by atoms with van der Waals surface area (Å²) in [5, 5.41) is 10.2. The van der Waals surface area contributed by atoms with Crippen LogP contribution in [0, 0.1) is 5.82 Å². The largest absolute Gasteiger partial charge is 0.392 e. The molecular formula is C12H16ClFOS. The van der Waals surface area contributed by atoms with Gasteiger partial charge in [-0.2, -0.15) is 11.8 Å². The molecule has 0 aliphatic rings. The van der Waals surface area contributed by atoms with Gasteiger partial charge in [0, 0.05) is 17.2 Å². The first-order valence-electron chi connectivity index (χ1n) is 5.33. The highest BCUT2D eigenvalue weighted by Gasteiger charge is 2.09. The zero-order chi connectivity index (χ0) is 12.0. The van der Waals surface area contributed by atoms with Gasteiger partial charge in [0.05, 0.1) is 6.10 Å². The van der Waals surface area contributed by atoms with Gasteiger partial charge in [-0.1, -0.05) is 18.5 Å². The van der Waals surface area contributed by atoms with Gasteiger partial charge in [-0.3, -0.25) is 0 Å². The first-order valence-corrected chi connectivity index (χ1v) is 6.86. The second-order valence-electron chi connectivity index (χ2n) is 3.67. The van der Waals surface area contributed by atoms with Crippen molar-refractivity contribution in [2.24, 2.45) is 0 Å². The van der Waals surface area contributed by atoms with E-state index in [0.29, 0.717) is 22.8 Å². The molecule has 16 heavy (non-hydrogen) atoms. The summed E-state index contributed by atoms with van der Waals surface area (Å²) in [5.74, 6) is 1.36. The Kier molecular flexibility index (Phi) is 6.17. The van der Waals surface area contributed by atoms with Crippen molar-refractivity contribution in [3.8, 4) is 0 Å². The van der Waals surface area contributed by atoms with E-state index in [0.717, 1.165) is 12.2 Å². The summed E-state index contributed by atoms with van der Waals surface area (Å²) in [5.41, 5.74) is 0.483. The van der Waals surface area contributed by atoms with Gasteiger partial charge >= 0.3 is 0 Å². The predicted octanol–water partition coefficient (Wildman–Crippen LogP) is 3.53. The number of aliphatic hydroxyl groups excluding tert-OH is 1. The van der Waals surface area contributed by atoms with Crippen LogP contribution < -0.4 is 0 Å². The van der Waals surface area contributed by atoms with E-state index in [4.69, 9.17) is 11.6 Å². The Labute approximate surface area is 105 Å². The minimum Gasteiger partial charge on any atom is -0.392 e. The van der Waals surface area contributed by atoms with E-state index in [9.17, 15) is 9.50 Å². The number of thioether (sulfide) groups is 1. The summed E-state index contributed by atoms with van der Waals surface area (Å²) in [6.45, 7) is 2.09. The van der Waals surface area contributed by atoms with E-state index in [2.05, 4.69) is 6.92 Å². The Hall–Kier alpha value is -0.250. The van der Waals surface area contributed by atoms with Crippen LogP contribution in [0.25, 0.3) is 0 Å². The zero-order valence-corrected chi connectivity index (χ0v) is 10.8. The number of benzene rings is 1. The Morgan fingerprint density at radius 2 is 2.25 bits per heavy atom. The van der Waals surface area contributed by atoms with Gasteiger partial charge in [-0.25, -0.2) is 4.39 Å². The summed E-state index contributed by atoms with van der Waals surface area (Å²) in [4.78, 5) is 0. The normalized spacial score (nSPS) is 12.8. The lowest BCUT2D eigenvalue weighted by molar-refractivity contribution is 0.198. The van der Waals surface area contributed by atoms with E-state index < -0.39 is 6.10 Å². The quantitative estimate of drug-likeness (QED) is 0.792. The van der Waals surface area contributed by atoms with Crippen molar-refractivity contribution in [3.05, 3.63) is 34.6 Å². The Balaban J connectivity index is 2.48. The van der Waals surface area contributed by atoms with E-state index in [1.54, 1.807) is 17.8 Å². The van der Waals surface area contributed by atoms with Gasteiger partial charge in [0.25, 0.3) is 0 Å². The summed E-state index contributed by atoms with van der Waals surface area (Å²) in [6.07, 6.45) is 0.899. The zero-order valence-electron chi connectivity index (χ0n) is 9.25. The standard InChI is InChI=1S/C12H16ClFOS/c1-2-5-16-8-11(15)7-9-6-10(13)3-4-12(9)14/h3-4,6,11,15H,2,5,7-8H2,1H3. The summed E-state index contributed by atoms with van der Waals surface area (Å²) >= 11 is 7.46. The summed E-state index contributed by atoms with van der Waals surface area (Å²) in [6, 6.07) is 4.42. The molecule has 1 atom stereocenters. The van der Waals surface area contributed by atoms with Crippen LogP contribution in [-0.2, 0) is 6.42 Å². The van der Waals surface area contributed by atoms with Crippen molar-refractivity contribution in [2.75, 3.05) is 11.5 Å². The fourth-order valence-electron chi connectivity index (χ4n) is 1.38. The maximum absolute atomic E-state index is 13.3. The Bertz CT molecular complexity index is 333. The average molecular weight is 263 g/mol. The van der Waals surface area contributed by atoms with Crippen molar-refractivity contribution in [1.82, 2.24) is 0 Å². The van der Waals surface area contributed by atoms with Crippen LogP contribution in [0.15, 0.2) is 18.2 Å². The van der Waals surface area contributed by atoms with Crippen LogP contribution in [0.5, 0.6) is 0 Å². The van der Waals surface area contributed by atoms with E-state index in [1.807, 2.05) is 0 Å². The Morgan fingerprint density at radius 1 is 1.50 bits per heavy atom. The fraction of sp³-hybridized carbons (Fsp3) is 0.500. The molecule has 0 aliphatic carbocycles. The molecular weight excluding hydrogens is 247 g/mol. The van der Waals surface area contributed by atoms with Crippen LogP contribution in [0.3, 0.4) is 0 Å². The maximum atomic E-state index is 13.3. The summed E-state index contributed by atoms with van der Waals surface area (Å²) in [7, 11) is 0. The second-order valence-corrected chi connectivity index (χ2v) is 5.25. The molecule has 0 spiro atoms. The first kappa shape index (κ1) is 13.8. The van der Waals surface area contributed by atoms with E-state index in [-0.39, 0.29) is 5.82 Å². The lowest BCUT2D eigenvalue weighted by atomic mass is 10.1. The molecule has 0 heterocycles. The van der Waals surface area contributed by atoms with Gasteiger partial charge in [0.2, 0.25) is 0 Å². The topological polar surface area (TPSA) is 20.2 Å². The number of rotatable bonds is 6. The first-order chi connectivity index (χ1) is 7.63. The maximum Gasteiger partial charge on any atom is 0.126 e. The minimum atomic E-state index is -0.510. The second kappa shape index (κ2) is 7.15.